The highest BCUT2D eigenvalue weighted by Crippen LogP contribution is 2.03. The summed E-state index contributed by atoms with van der Waals surface area (Å²) in [4.78, 5) is 22.8. The Labute approximate surface area is 117 Å². The van der Waals surface area contributed by atoms with Gasteiger partial charge in [-0.2, -0.15) is 0 Å². The maximum absolute atomic E-state index is 11.7. The average molecular weight is 277 g/mol. The summed E-state index contributed by atoms with van der Waals surface area (Å²) < 4.78 is 0. The molecule has 0 radical (unpaired) electrons. The summed E-state index contributed by atoms with van der Waals surface area (Å²) in [6, 6.07) is 6.34. The summed E-state index contributed by atoms with van der Waals surface area (Å²) >= 11 is 0. The predicted molar refractivity (Wildman–Crippen MR) is 76.0 cm³/mol. The van der Waals surface area contributed by atoms with E-state index in [0.29, 0.717) is 12.1 Å². The maximum Gasteiger partial charge on any atom is 0.242 e. The number of carbonyl (C=O) groups is 2. The molecule has 0 heterocycles. The van der Waals surface area contributed by atoms with Crippen molar-refractivity contribution in [2.75, 3.05) is 6.54 Å². The van der Waals surface area contributed by atoms with Crippen LogP contribution in [0.3, 0.4) is 0 Å². The Kier molecular flexibility index (Phi) is 5.67. The number of nitrogens with one attached hydrogen (secondary N) is 3. The molecule has 7 heteroatoms. The van der Waals surface area contributed by atoms with Crippen LogP contribution in [0.2, 0.25) is 0 Å². The largest absolute Gasteiger partial charge is 0.384 e. The van der Waals surface area contributed by atoms with Crippen molar-refractivity contribution in [3.63, 3.8) is 0 Å². The zero-order chi connectivity index (χ0) is 15.1. The monoisotopic (exact) mass is 277 g/mol. The van der Waals surface area contributed by atoms with Gasteiger partial charge >= 0.3 is 0 Å². The number of amides is 2. The number of nitrogen functional groups attached to an aromatic ring is 1. The topological polar surface area (TPSA) is 134 Å². The van der Waals surface area contributed by atoms with E-state index in [0.717, 1.165) is 5.56 Å². The van der Waals surface area contributed by atoms with E-state index in [1.807, 2.05) is 0 Å². The Bertz CT molecular complexity index is 498. The van der Waals surface area contributed by atoms with Crippen molar-refractivity contribution in [1.82, 2.24) is 10.6 Å². The van der Waals surface area contributed by atoms with Gasteiger partial charge in [0.25, 0.3) is 0 Å². The summed E-state index contributed by atoms with van der Waals surface area (Å²) in [6.45, 7) is 1.77. The van der Waals surface area contributed by atoms with Crippen molar-refractivity contribution in [2.24, 2.45) is 11.5 Å². The molecule has 0 saturated carbocycles. The highest BCUT2D eigenvalue weighted by Gasteiger charge is 2.14. The van der Waals surface area contributed by atoms with Crippen LogP contribution < -0.4 is 22.1 Å². The first-order valence-electron chi connectivity index (χ1n) is 6.14. The van der Waals surface area contributed by atoms with Crippen molar-refractivity contribution in [3.05, 3.63) is 35.4 Å². The maximum atomic E-state index is 11.7. The molecule has 0 aliphatic carbocycles. The number of nitrogens with two attached hydrogens (primary N) is 2. The lowest BCUT2D eigenvalue weighted by atomic mass is 10.1. The molecule has 1 aromatic rings. The number of hydrogen-bond acceptors (Lipinski definition) is 4. The number of rotatable bonds is 6. The minimum absolute atomic E-state index is 0.00120. The number of carbonyl (C=O) groups excluding carboxylic acids is 2. The summed E-state index contributed by atoms with van der Waals surface area (Å²) in [6.07, 6.45) is 0. The molecule has 0 aliphatic rings. The van der Waals surface area contributed by atoms with Gasteiger partial charge in [-0.3, -0.25) is 15.0 Å². The van der Waals surface area contributed by atoms with Crippen LogP contribution in [0, 0.1) is 5.41 Å². The third-order valence-electron chi connectivity index (χ3n) is 2.69. The van der Waals surface area contributed by atoms with Gasteiger partial charge in [0.15, 0.2) is 0 Å². The molecule has 7 nitrogen and oxygen atoms in total. The fourth-order valence-corrected chi connectivity index (χ4v) is 1.51. The summed E-state index contributed by atoms with van der Waals surface area (Å²) in [5, 5.41) is 12.4. The van der Waals surface area contributed by atoms with E-state index >= 15 is 0 Å². The number of benzene rings is 1. The minimum Gasteiger partial charge on any atom is -0.384 e. The Morgan fingerprint density at radius 1 is 1.30 bits per heavy atom. The van der Waals surface area contributed by atoms with E-state index in [4.69, 9.17) is 16.9 Å². The number of hydrogen-bond donors (Lipinski definition) is 5. The second-order valence-corrected chi connectivity index (χ2v) is 4.32. The Hall–Kier alpha value is -2.41. The molecular weight excluding hydrogens is 258 g/mol. The van der Waals surface area contributed by atoms with Crippen LogP contribution in [0.25, 0.3) is 0 Å². The Morgan fingerprint density at radius 3 is 2.40 bits per heavy atom. The van der Waals surface area contributed by atoms with Gasteiger partial charge in [-0.05, 0) is 12.5 Å². The van der Waals surface area contributed by atoms with Gasteiger partial charge < -0.3 is 22.1 Å². The first kappa shape index (κ1) is 15.6. The van der Waals surface area contributed by atoms with Crippen molar-refractivity contribution < 1.29 is 9.59 Å². The summed E-state index contributed by atoms with van der Waals surface area (Å²) in [7, 11) is 0. The minimum atomic E-state index is -0.637. The first-order chi connectivity index (χ1) is 9.43. The SMILES string of the molecule is CC(NC(=O)CN)C(=O)NCc1ccc(C(=N)N)cc1. The molecule has 2 amide bonds. The van der Waals surface area contributed by atoms with Crippen LogP contribution in [0.1, 0.15) is 18.1 Å². The first-order valence-corrected chi connectivity index (χ1v) is 6.14. The molecule has 1 unspecified atom stereocenters. The van der Waals surface area contributed by atoms with Crippen molar-refractivity contribution in [2.45, 2.75) is 19.5 Å². The third-order valence-corrected chi connectivity index (χ3v) is 2.69. The fourth-order valence-electron chi connectivity index (χ4n) is 1.51. The van der Waals surface area contributed by atoms with Crippen LogP contribution in [0.5, 0.6) is 0 Å². The van der Waals surface area contributed by atoms with E-state index in [1.54, 1.807) is 31.2 Å². The molecule has 1 rings (SSSR count). The Morgan fingerprint density at radius 2 is 1.90 bits per heavy atom. The molecule has 0 bridgehead atoms. The van der Waals surface area contributed by atoms with Crippen LogP contribution in [0.4, 0.5) is 0 Å². The predicted octanol–water partition coefficient (Wildman–Crippen LogP) is -0.950. The average Bonchev–Trinajstić information content (AvgIpc) is 2.44. The van der Waals surface area contributed by atoms with Crippen molar-refractivity contribution >= 4 is 17.6 Å². The number of amidine groups is 1. The fraction of sp³-hybridized carbons (Fsp3) is 0.308. The summed E-state index contributed by atoms with van der Waals surface area (Å²) in [5.74, 6) is -0.667. The van der Waals surface area contributed by atoms with E-state index in [-0.39, 0.29) is 24.2 Å². The van der Waals surface area contributed by atoms with E-state index in [1.165, 1.54) is 0 Å². The zero-order valence-corrected chi connectivity index (χ0v) is 11.3. The van der Waals surface area contributed by atoms with Crippen LogP contribution in [-0.4, -0.2) is 30.2 Å². The smallest absolute Gasteiger partial charge is 0.242 e. The lowest BCUT2D eigenvalue weighted by Crippen LogP contribution is -2.46. The van der Waals surface area contributed by atoms with E-state index in [2.05, 4.69) is 10.6 Å². The molecule has 1 aromatic carbocycles. The Balaban J connectivity index is 2.48. The van der Waals surface area contributed by atoms with Gasteiger partial charge in [0.2, 0.25) is 11.8 Å². The third kappa shape index (κ3) is 4.69. The van der Waals surface area contributed by atoms with Gasteiger partial charge in [0.05, 0.1) is 6.54 Å². The van der Waals surface area contributed by atoms with E-state index in [9.17, 15) is 9.59 Å². The highest BCUT2D eigenvalue weighted by atomic mass is 16.2. The lowest BCUT2D eigenvalue weighted by Gasteiger charge is -2.13. The summed E-state index contributed by atoms with van der Waals surface area (Å²) in [5.41, 5.74) is 12.0. The molecule has 108 valence electrons. The lowest BCUT2D eigenvalue weighted by molar-refractivity contribution is -0.128. The second kappa shape index (κ2) is 7.25. The van der Waals surface area contributed by atoms with Gasteiger partial charge in [-0.1, -0.05) is 24.3 Å². The quantitative estimate of drug-likeness (QED) is 0.338. The molecule has 1 atom stereocenters. The molecule has 0 aromatic heterocycles. The van der Waals surface area contributed by atoms with Gasteiger partial charge in [0, 0.05) is 12.1 Å². The normalized spacial score (nSPS) is 11.5. The van der Waals surface area contributed by atoms with Crippen LogP contribution in [-0.2, 0) is 16.1 Å². The zero-order valence-electron chi connectivity index (χ0n) is 11.3. The molecule has 20 heavy (non-hydrogen) atoms. The molecule has 0 fully saturated rings. The molecular formula is C13H19N5O2. The highest BCUT2D eigenvalue weighted by molar-refractivity contribution is 5.94. The molecule has 7 N–H and O–H groups in total. The second-order valence-electron chi connectivity index (χ2n) is 4.32. The van der Waals surface area contributed by atoms with Gasteiger partial charge in [-0.25, -0.2) is 0 Å². The van der Waals surface area contributed by atoms with Crippen LogP contribution >= 0.6 is 0 Å². The molecule has 0 aliphatic heterocycles. The molecule has 0 saturated heterocycles. The standard InChI is InChI=1S/C13H19N5O2/c1-8(18-11(19)6-14)13(20)17-7-9-2-4-10(5-3-9)12(15)16/h2-5,8H,6-7,14H2,1H3,(H3,15,16)(H,17,20)(H,18,19). The molecule has 0 spiro atoms. The van der Waals surface area contributed by atoms with Gasteiger partial charge in [-0.15, -0.1) is 0 Å². The van der Waals surface area contributed by atoms with Gasteiger partial charge in [0.1, 0.15) is 11.9 Å². The van der Waals surface area contributed by atoms with Crippen molar-refractivity contribution in [1.29, 1.82) is 5.41 Å². The van der Waals surface area contributed by atoms with E-state index < -0.39 is 6.04 Å². The van der Waals surface area contributed by atoms with Crippen molar-refractivity contribution in [3.8, 4) is 0 Å². The van der Waals surface area contributed by atoms with Crippen LogP contribution in [0.15, 0.2) is 24.3 Å².